The van der Waals surface area contributed by atoms with E-state index in [1.165, 1.54) is 42.7 Å². The molecule has 0 aliphatic heterocycles. The lowest BCUT2D eigenvalue weighted by molar-refractivity contribution is -0.0384. The van der Waals surface area contributed by atoms with E-state index in [9.17, 15) is 26.2 Å². The summed E-state index contributed by atoms with van der Waals surface area (Å²) in [5.74, 6) is -1.59. The molecule has 0 fully saturated rings. The molecule has 0 radical (unpaired) electrons. The molecule has 4 aromatic rings. The number of hydrogen-bond acceptors (Lipinski definition) is 3. The monoisotopic (exact) mass is 460 g/mol. The van der Waals surface area contributed by atoms with Crippen LogP contribution in [-0.4, -0.2) is 19.7 Å². The Bertz CT molecular complexity index is 1250. The molecule has 1 aromatic heterocycles. The topological polar surface area (TPSA) is 42.9 Å². The first-order valence-electron chi connectivity index (χ1n) is 9.20. The lowest BCUT2D eigenvalue weighted by atomic mass is 10.0. The first kappa shape index (κ1) is 21.8. The number of rotatable bonds is 4. The van der Waals surface area contributed by atoms with Crippen molar-refractivity contribution in [3.05, 3.63) is 90.8 Å². The summed E-state index contributed by atoms with van der Waals surface area (Å²) in [6.45, 7) is 0. The summed E-state index contributed by atoms with van der Waals surface area (Å²) in [5.41, 5.74) is -2.36. The predicted octanol–water partition coefficient (Wildman–Crippen LogP) is 6.38. The van der Waals surface area contributed by atoms with Gasteiger partial charge < -0.3 is 0 Å². The van der Waals surface area contributed by atoms with E-state index >= 15 is 0 Å². The molecule has 3 nitrogen and oxygen atoms in total. The molecule has 0 aliphatic carbocycles. The predicted molar refractivity (Wildman–Crippen MR) is 111 cm³/mol. The number of aromatic nitrogens is 2. The van der Waals surface area contributed by atoms with E-state index < -0.39 is 27.9 Å². The van der Waals surface area contributed by atoms with Gasteiger partial charge in [-0.2, -0.15) is 13.2 Å². The average molecular weight is 460 g/mol. The van der Waals surface area contributed by atoms with Crippen LogP contribution in [0.3, 0.4) is 0 Å². The van der Waals surface area contributed by atoms with Gasteiger partial charge in [-0.3, -0.25) is 0 Å². The highest BCUT2D eigenvalue weighted by Crippen LogP contribution is 2.30. The van der Waals surface area contributed by atoms with Crippen LogP contribution in [0.1, 0.15) is 0 Å². The van der Waals surface area contributed by atoms with Gasteiger partial charge in [0.2, 0.25) is 0 Å². The van der Waals surface area contributed by atoms with Gasteiger partial charge in [0.15, 0.2) is 16.6 Å². The van der Waals surface area contributed by atoms with Crippen molar-refractivity contribution in [1.29, 1.82) is 0 Å². The van der Waals surface area contributed by atoms with E-state index in [2.05, 4.69) is 9.97 Å². The summed E-state index contributed by atoms with van der Waals surface area (Å²) in [7, 11) is -3.07. The molecule has 0 bridgehead atoms. The Balaban J connectivity index is 1.55. The molecule has 1 atom stereocenters. The standard InChI is InChI=1S/C23H13F5N2OS/c24-19-2-1-3-20(25)21(19)22-29-12-17(13-30-22)16-6-4-14(5-7-16)15-8-10-18(11-9-15)32(31)23(26,27)28/h1-13H. The van der Waals surface area contributed by atoms with Crippen molar-refractivity contribution >= 4 is 10.8 Å². The third kappa shape index (κ3) is 4.43. The van der Waals surface area contributed by atoms with Crippen molar-refractivity contribution in [2.45, 2.75) is 10.4 Å². The van der Waals surface area contributed by atoms with Gasteiger partial charge in [-0.05, 0) is 41.0 Å². The van der Waals surface area contributed by atoms with Gasteiger partial charge in [0.1, 0.15) is 11.6 Å². The minimum atomic E-state index is -4.81. The number of nitrogens with zero attached hydrogens (tertiary/aromatic N) is 2. The third-order valence-corrected chi connectivity index (χ3v) is 5.79. The van der Waals surface area contributed by atoms with Crippen molar-refractivity contribution in [2.24, 2.45) is 0 Å². The van der Waals surface area contributed by atoms with Gasteiger partial charge in [-0.1, -0.05) is 42.5 Å². The Kier molecular flexibility index (Phi) is 5.84. The molecule has 3 aromatic carbocycles. The first-order chi connectivity index (χ1) is 15.2. The molecule has 0 spiro atoms. The van der Waals surface area contributed by atoms with Crippen molar-refractivity contribution < 1.29 is 26.2 Å². The second kappa shape index (κ2) is 8.58. The van der Waals surface area contributed by atoms with Crippen LogP contribution in [-0.2, 0) is 10.8 Å². The number of benzene rings is 3. The van der Waals surface area contributed by atoms with E-state index in [0.29, 0.717) is 11.1 Å². The molecule has 0 saturated carbocycles. The van der Waals surface area contributed by atoms with Crippen LogP contribution in [0.5, 0.6) is 0 Å². The molecule has 0 N–H and O–H groups in total. The molecule has 162 valence electrons. The van der Waals surface area contributed by atoms with Crippen LogP contribution in [0.25, 0.3) is 33.6 Å². The Morgan fingerprint density at radius 3 is 1.56 bits per heavy atom. The van der Waals surface area contributed by atoms with Crippen molar-refractivity contribution in [3.8, 4) is 33.6 Å². The smallest absolute Gasteiger partial charge is 0.245 e. The maximum Gasteiger partial charge on any atom is 0.475 e. The molecule has 0 saturated heterocycles. The Labute approximate surface area is 182 Å². The summed E-state index contributed by atoms with van der Waals surface area (Å²) in [5, 5.41) is 0. The minimum Gasteiger partial charge on any atom is -0.245 e. The zero-order chi connectivity index (χ0) is 22.9. The van der Waals surface area contributed by atoms with Gasteiger partial charge >= 0.3 is 5.51 Å². The molecule has 4 rings (SSSR count). The molecule has 1 heterocycles. The highest BCUT2D eigenvalue weighted by atomic mass is 32.2. The number of hydrogen-bond donors (Lipinski definition) is 0. The van der Waals surface area contributed by atoms with Gasteiger partial charge in [-0.25, -0.2) is 23.0 Å². The van der Waals surface area contributed by atoms with Gasteiger partial charge in [0.25, 0.3) is 0 Å². The molecular formula is C23H13F5N2OS. The lowest BCUT2D eigenvalue weighted by Gasteiger charge is -2.08. The van der Waals surface area contributed by atoms with E-state index in [1.54, 1.807) is 24.3 Å². The van der Waals surface area contributed by atoms with E-state index in [4.69, 9.17) is 0 Å². The van der Waals surface area contributed by atoms with Crippen LogP contribution in [0.2, 0.25) is 0 Å². The average Bonchev–Trinajstić information content (AvgIpc) is 2.79. The van der Waals surface area contributed by atoms with Gasteiger partial charge in [0, 0.05) is 22.9 Å². The molecule has 9 heteroatoms. The summed E-state index contributed by atoms with van der Waals surface area (Å²) >= 11 is 0. The van der Waals surface area contributed by atoms with Crippen LogP contribution in [0.15, 0.2) is 84.0 Å². The van der Waals surface area contributed by atoms with Crippen molar-refractivity contribution in [3.63, 3.8) is 0 Å². The molecule has 1 unspecified atom stereocenters. The Morgan fingerprint density at radius 1 is 0.656 bits per heavy atom. The van der Waals surface area contributed by atoms with Gasteiger partial charge in [0.05, 0.1) is 5.56 Å². The Morgan fingerprint density at radius 2 is 1.09 bits per heavy atom. The van der Waals surface area contributed by atoms with Crippen LogP contribution < -0.4 is 0 Å². The zero-order valence-corrected chi connectivity index (χ0v) is 16.9. The van der Waals surface area contributed by atoms with Crippen molar-refractivity contribution in [2.75, 3.05) is 0 Å². The van der Waals surface area contributed by atoms with E-state index in [-0.39, 0.29) is 16.3 Å². The summed E-state index contributed by atoms with van der Waals surface area (Å²) < 4.78 is 76.9. The fourth-order valence-electron chi connectivity index (χ4n) is 3.08. The third-order valence-electron chi connectivity index (χ3n) is 4.67. The van der Waals surface area contributed by atoms with Gasteiger partial charge in [-0.15, -0.1) is 0 Å². The number of halogens is 5. The van der Waals surface area contributed by atoms with E-state index in [0.717, 1.165) is 23.3 Å². The van der Waals surface area contributed by atoms with Crippen LogP contribution in [0.4, 0.5) is 22.0 Å². The molecular weight excluding hydrogens is 447 g/mol. The highest BCUT2D eigenvalue weighted by Gasteiger charge is 2.37. The molecule has 0 aliphatic rings. The summed E-state index contributed by atoms with van der Waals surface area (Å²) in [6.07, 6.45) is 2.90. The fourth-order valence-corrected chi connectivity index (χ4v) is 3.73. The lowest BCUT2D eigenvalue weighted by Crippen LogP contribution is -2.16. The molecule has 32 heavy (non-hydrogen) atoms. The largest absolute Gasteiger partial charge is 0.475 e. The second-order valence-electron chi connectivity index (χ2n) is 6.71. The number of alkyl halides is 3. The Hall–Kier alpha value is -3.46. The first-order valence-corrected chi connectivity index (χ1v) is 10.3. The maximum atomic E-state index is 13.9. The zero-order valence-electron chi connectivity index (χ0n) is 16.1. The summed E-state index contributed by atoms with van der Waals surface area (Å²) in [6, 6.07) is 15.9. The highest BCUT2D eigenvalue weighted by molar-refractivity contribution is 7.86. The normalized spacial score (nSPS) is 12.5. The SMILES string of the molecule is O=S(c1ccc(-c2ccc(-c3cnc(-c4c(F)cccc4F)nc3)cc2)cc1)C(F)(F)F. The van der Waals surface area contributed by atoms with Crippen LogP contribution >= 0.6 is 0 Å². The second-order valence-corrected chi connectivity index (χ2v) is 8.18. The molecule has 0 amide bonds. The van der Waals surface area contributed by atoms with Crippen molar-refractivity contribution in [1.82, 2.24) is 9.97 Å². The summed E-state index contributed by atoms with van der Waals surface area (Å²) in [4.78, 5) is 7.81. The van der Waals surface area contributed by atoms with Crippen LogP contribution in [0, 0.1) is 11.6 Å². The fraction of sp³-hybridized carbons (Fsp3) is 0.0435. The quantitative estimate of drug-likeness (QED) is 0.332. The minimum absolute atomic E-state index is 0.0719. The maximum absolute atomic E-state index is 13.9. The van der Waals surface area contributed by atoms with E-state index in [1.807, 2.05) is 0 Å².